The van der Waals surface area contributed by atoms with Gasteiger partial charge in [-0.15, -0.1) is 0 Å². The van der Waals surface area contributed by atoms with Crippen LogP contribution >= 0.6 is 0 Å². The lowest BCUT2D eigenvalue weighted by Crippen LogP contribution is -2.22. The minimum absolute atomic E-state index is 0.326. The minimum Gasteiger partial charge on any atom is -0.463 e. The first-order chi connectivity index (χ1) is 14.9. The van der Waals surface area contributed by atoms with E-state index < -0.39 is 18.5 Å². The van der Waals surface area contributed by atoms with Crippen LogP contribution in [0.4, 0.5) is 5.69 Å². The number of pyridine rings is 1. The smallest absolute Gasteiger partial charge is 0.339 e. The zero-order chi connectivity index (χ0) is 22.0. The van der Waals surface area contributed by atoms with Crippen molar-refractivity contribution in [1.29, 1.82) is 0 Å². The Morgan fingerprint density at radius 3 is 2.45 bits per heavy atom. The topological polar surface area (TPSA) is 81.4 Å². The molecular weight excluding hydrogens is 392 g/mol. The van der Waals surface area contributed by atoms with Gasteiger partial charge in [0.1, 0.15) is 5.69 Å². The number of hydrogen-bond donors (Lipinski definition) is 1. The van der Waals surface area contributed by atoms with E-state index in [0.29, 0.717) is 27.9 Å². The lowest BCUT2D eigenvalue weighted by atomic mass is 10.1. The molecule has 2 aromatic heterocycles. The van der Waals surface area contributed by atoms with Gasteiger partial charge in [0.05, 0.1) is 17.3 Å². The SMILES string of the molecule is Cc1cc(C)c(NC(=O)COC(=O)c2cc(-c3ccco3)nc3ccccc23)c(C)c1. The number of carbonyl (C=O) groups excluding carboxylic acids is 2. The summed E-state index contributed by atoms with van der Waals surface area (Å²) < 4.78 is 10.8. The van der Waals surface area contributed by atoms with Gasteiger partial charge >= 0.3 is 5.97 Å². The Hall–Kier alpha value is -3.93. The van der Waals surface area contributed by atoms with E-state index in [9.17, 15) is 9.59 Å². The number of hydrogen-bond acceptors (Lipinski definition) is 5. The summed E-state index contributed by atoms with van der Waals surface area (Å²) in [7, 11) is 0. The first-order valence-corrected chi connectivity index (χ1v) is 9.91. The van der Waals surface area contributed by atoms with Gasteiger partial charge in [-0.05, 0) is 56.2 Å². The molecule has 0 fully saturated rings. The van der Waals surface area contributed by atoms with Crippen LogP contribution in [0, 0.1) is 20.8 Å². The Bertz CT molecular complexity index is 1250. The number of anilines is 1. The molecule has 6 nitrogen and oxygen atoms in total. The summed E-state index contributed by atoms with van der Waals surface area (Å²) >= 11 is 0. The van der Waals surface area contributed by atoms with Crippen LogP contribution in [0.1, 0.15) is 27.0 Å². The van der Waals surface area contributed by atoms with Crippen molar-refractivity contribution in [3.8, 4) is 11.5 Å². The molecule has 0 radical (unpaired) electrons. The van der Waals surface area contributed by atoms with Crippen molar-refractivity contribution < 1.29 is 18.7 Å². The maximum atomic E-state index is 12.9. The fourth-order valence-electron chi connectivity index (χ4n) is 3.66. The predicted molar refractivity (Wildman–Crippen MR) is 119 cm³/mol. The van der Waals surface area contributed by atoms with Gasteiger partial charge in [-0.25, -0.2) is 9.78 Å². The number of nitrogens with zero attached hydrogens (tertiary/aromatic N) is 1. The van der Waals surface area contributed by atoms with Gasteiger partial charge in [0.25, 0.3) is 5.91 Å². The molecule has 0 saturated heterocycles. The lowest BCUT2D eigenvalue weighted by Gasteiger charge is -2.13. The van der Waals surface area contributed by atoms with E-state index in [1.165, 1.54) is 0 Å². The van der Waals surface area contributed by atoms with Crippen LogP contribution < -0.4 is 5.32 Å². The molecule has 1 N–H and O–H groups in total. The Morgan fingerprint density at radius 1 is 1.00 bits per heavy atom. The van der Waals surface area contributed by atoms with Gasteiger partial charge < -0.3 is 14.5 Å². The Morgan fingerprint density at radius 2 is 1.74 bits per heavy atom. The molecular formula is C25H22N2O4. The van der Waals surface area contributed by atoms with Crippen LogP contribution in [0.5, 0.6) is 0 Å². The lowest BCUT2D eigenvalue weighted by molar-refractivity contribution is -0.119. The molecule has 0 aliphatic carbocycles. The van der Waals surface area contributed by atoms with E-state index in [2.05, 4.69) is 10.3 Å². The molecule has 2 aromatic carbocycles. The highest BCUT2D eigenvalue weighted by atomic mass is 16.5. The zero-order valence-electron chi connectivity index (χ0n) is 17.6. The molecule has 31 heavy (non-hydrogen) atoms. The van der Waals surface area contributed by atoms with E-state index in [-0.39, 0.29) is 0 Å². The Kier molecular flexibility index (Phi) is 5.54. The number of fused-ring (bicyclic) bond motifs is 1. The molecule has 0 aliphatic rings. The van der Waals surface area contributed by atoms with Crippen LogP contribution in [0.15, 0.2) is 65.3 Å². The van der Waals surface area contributed by atoms with E-state index in [1.807, 2.05) is 51.1 Å². The molecule has 0 unspecified atom stereocenters. The van der Waals surface area contributed by atoms with Crippen LogP contribution in [-0.2, 0) is 9.53 Å². The number of carbonyl (C=O) groups is 2. The van der Waals surface area contributed by atoms with Gasteiger partial charge in [-0.2, -0.15) is 0 Å². The van der Waals surface area contributed by atoms with Crippen molar-refractivity contribution in [2.45, 2.75) is 20.8 Å². The van der Waals surface area contributed by atoms with Gasteiger partial charge in [-0.1, -0.05) is 35.9 Å². The standard InChI is InChI=1S/C25H22N2O4/c1-15-11-16(2)24(17(3)12-15)27-23(28)14-31-25(29)19-13-21(22-9-6-10-30-22)26-20-8-5-4-7-18(19)20/h4-13H,14H2,1-3H3,(H,27,28). The zero-order valence-corrected chi connectivity index (χ0v) is 17.6. The highest BCUT2D eigenvalue weighted by Gasteiger charge is 2.18. The molecule has 4 aromatic rings. The third kappa shape index (κ3) is 4.33. The summed E-state index contributed by atoms with van der Waals surface area (Å²) in [4.78, 5) is 29.9. The molecule has 4 rings (SSSR count). The van der Waals surface area contributed by atoms with E-state index in [1.54, 1.807) is 30.5 Å². The highest BCUT2D eigenvalue weighted by Crippen LogP contribution is 2.26. The van der Waals surface area contributed by atoms with Gasteiger partial charge in [0.2, 0.25) is 0 Å². The van der Waals surface area contributed by atoms with Crippen LogP contribution in [0.2, 0.25) is 0 Å². The number of nitrogens with one attached hydrogen (secondary N) is 1. The van der Waals surface area contributed by atoms with Gasteiger partial charge in [0, 0.05) is 11.1 Å². The first kappa shape index (κ1) is 20.3. The minimum atomic E-state index is -0.598. The van der Waals surface area contributed by atoms with Crippen molar-refractivity contribution in [2.75, 3.05) is 11.9 Å². The molecule has 0 saturated carbocycles. The van der Waals surface area contributed by atoms with Crippen LogP contribution in [-0.4, -0.2) is 23.5 Å². The van der Waals surface area contributed by atoms with Crippen molar-refractivity contribution in [3.63, 3.8) is 0 Å². The molecule has 0 bridgehead atoms. The maximum Gasteiger partial charge on any atom is 0.339 e. The third-order valence-corrected chi connectivity index (χ3v) is 4.99. The number of aromatic nitrogens is 1. The quantitative estimate of drug-likeness (QED) is 0.453. The number of amides is 1. The molecule has 2 heterocycles. The number of esters is 1. The van der Waals surface area contributed by atoms with Crippen molar-refractivity contribution in [3.05, 3.63) is 83.1 Å². The summed E-state index contributed by atoms with van der Waals surface area (Å²) in [5.41, 5.74) is 5.26. The fourth-order valence-corrected chi connectivity index (χ4v) is 3.66. The normalized spacial score (nSPS) is 10.8. The maximum absolute atomic E-state index is 12.9. The second kappa shape index (κ2) is 8.44. The third-order valence-electron chi connectivity index (χ3n) is 4.99. The highest BCUT2D eigenvalue weighted by molar-refractivity contribution is 6.05. The summed E-state index contributed by atoms with van der Waals surface area (Å²) in [6.07, 6.45) is 1.55. The average Bonchev–Trinajstić information content (AvgIpc) is 3.28. The summed E-state index contributed by atoms with van der Waals surface area (Å²) in [5.74, 6) is -0.449. The number of furan rings is 1. The largest absolute Gasteiger partial charge is 0.463 e. The number of rotatable bonds is 5. The Balaban J connectivity index is 1.54. The van der Waals surface area contributed by atoms with Gasteiger partial charge in [0.15, 0.2) is 12.4 Å². The van der Waals surface area contributed by atoms with Crippen LogP contribution in [0.3, 0.4) is 0 Å². The molecule has 156 valence electrons. The van der Waals surface area contributed by atoms with Crippen molar-refractivity contribution in [2.24, 2.45) is 0 Å². The fraction of sp³-hybridized carbons (Fsp3) is 0.160. The monoisotopic (exact) mass is 414 g/mol. The summed E-state index contributed by atoms with van der Waals surface area (Å²) in [6, 6.07) is 16.4. The Labute approximate surface area is 179 Å². The molecule has 0 aliphatic heterocycles. The molecule has 0 atom stereocenters. The van der Waals surface area contributed by atoms with Crippen molar-refractivity contribution >= 4 is 28.5 Å². The number of aryl methyl sites for hydroxylation is 3. The van der Waals surface area contributed by atoms with Gasteiger partial charge in [-0.3, -0.25) is 4.79 Å². The van der Waals surface area contributed by atoms with E-state index in [4.69, 9.17) is 9.15 Å². The number of para-hydroxylation sites is 1. The predicted octanol–water partition coefficient (Wildman–Crippen LogP) is 5.22. The average molecular weight is 414 g/mol. The second-order valence-corrected chi connectivity index (χ2v) is 7.45. The molecule has 6 heteroatoms. The first-order valence-electron chi connectivity index (χ1n) is 9.91. The van der Waals surface area contributed by atoms with Crippen molar-refractivity contribution in [1.82, 2.24) is 4.98 Å². The van der Waals surface area contributed by atoms with E-state index >= 15 is 0 Å². The molecule has 1 amide bonds. The summed E-state index contributed by atoms with van der Waals surface area (Å²) in [5, 5.41) is 3.49. The number of benzene rings is 2. The molecule has 0 spiro atoms. The number of ether oxygens (including phenoxy) is 1. The van der Waals surface area contributed by atoms with Crippen LogP contribution in [0.25, 0.3) is 22.4 Å². The second-order valence-electron chi connectivity index (χ2n) is 7.45. The summed E-state index contributed by atoms with van der Waals surface area (Å²) in [6.45, 7) is 5.48. The van der Waals surface area contributed by atoms with E-state index in [0.717, 1.165) is 22.4 Å².